The van der Waals surface area contributed by atoms with Crippen LogP contribution in [0.1, 0.15) is 46.5 Å². The summed E-state index contributed by atoms with van der Waals surface area (Å²) in [6.07, 6.45) is 16.3. The molecule has 1 saturated carbocycles. The number of rotatable bonds is 4. The highest BCUT2D eigenvalue weighted by Crippen LogP contribution is 2.29. The van der Waals surface area contributed by atoms with Crippen molar-refractivity contribution >= 4 is 5.97 Å². The molecule has 0 aromatic rings. The lowest BCUT2D eigenvalue weighted by molar-refractivity contribution is -0.131. The summed E-state index contributed by atoms with van der Waals surface area (Å²) >= 11 is 0. The Labute approximate surface area is 121 Å². The first-order valence-electron chi connectivity index (χ1n) is 7.15. The summed E-state index contributed by atoms with van der Waals surface area (Å²) in [5, 5.41) is 8.62. The molecule has 0 saturated heterocycles. The Morgan fingerprint density at radius 1 is 1.10 bits per heavy atom. The molecule has 0 radical (unpaired) electrons. The molecule has 0 bridgehead atoms. The van der Waals surface area contributed by atoms with Gasteiger partial charge >= 0.3 is 5.97 Å². The predicted molar refractivity (Wildman–Crippen MR) is 84.6 cm³/mol. The van der Waals surface area contributed by atoms with Gasteiger partial charge in [-0.1, -0.05) is 36.0 Å². The first-order valence-corrected chi connectivity index (χ1v) is 7.15. The van der Waals surface area contributed by atoms with E-state index in [9.17, 15) is 4.79 Å². The zero-order valence-corrected chi connectivity index (χ0v) is 12.6. The van der Waals surface area contributed by atoms with Crippen LogP contribution in [-0.4, -0.2) is 11.1 Å². The van der Waals surface area contributed by atoms with Crippen LogP contribution < -0.4 is 0 Å². The van der Waals surface area contributed by atoms with Gasteiger partial charge in [0.25, 0.3) is 0 Å². The highest BCUT2D eigenvalue weighted by atomic mass is 16.4. The van der Waals surface area contributed by atoms with E-state index in [2.05, 4.69) is 26.0 Å². The van der Waals surface area contributed by atoms with E-state index >= 15 is 0 Å². The lowest BCUT2D eigenvalue weighted by atomic mass is 9.88. The van der Waals surface area contributed by atoms with Crippen LogP contribution >= 0.6 is 0 Å². The van der Waals surface area contributed by atoms with Crippen molar-refractivity contribution in [3.63, 3.8) is 0 Å². The van der Waals surface area contributed by atoms with Crippen molar-refractivity contribution < 1.29 is 9.90 Å². The van der Waals surface area contributed by atoms with Crippen molar-refractivity contribution in [2.75, 3.05) is 0 Å². The van der Waals surface area contributed by atoms with E-state index in [1.807, 2.05) is 18.2 Å². The Bertz CT molecular complexity index is 500. The normalized spacial score (nSPS) is 21.9. The smallest absolute Gasteiger partial charge is 0.328 e. The second-order valence-corrected chi connectivity index (χ2v) is 5.19. The molecular weight excluding hydrogens is 248 g/mol. The van der Waals surface area contributed by atoms with E-state index in [4.69, 9.17) is 5.11 Å². The second-order valence-electron chi connectivity index (χ2n) is 5.19. The molecule has 1 rings (SSSR count). The molecule has 108 valence electrons. The van der Waals surface area contributed by atoms with E-state index in [1.165, 1.54) is 42.1 Å². The van der Waals surface area contributed by atoms with Crippen LogP contribution in [0.3, 0.4) is 0 Å². The zero-order valence-electron chi connectivity index (χ0n) is 12.6. The van der Waals surface area contributed by atoms with E-state index in [0.29, 0.717) is 0 Å². The lowest BCUT2D eigenvalue weighted by Crippen LogP contribution is -1.98. The molecule has 1 fully saturated rings. The molecule has 0 atom stereocenters. The fraction of sp³-hybridized carbons (Fsp3) is 0.389. The summed E-state index contributed by atoms with van der Waals surface area (Å²) in [5.74, 6) is -0.908. The minimum absolute atomic E-state index is 0.737. The number of aliphatic carboxylic acids is 1. The summed E-state index contributed by atoms with van der Waals surface area (Å²) in [4.78, 5) is 10.5. The van der Waals surface area contributed by atoms with Crippen LogP contribution in [0.25, 0.3) is 0 Å². The quantitative estimate of drug-likeness (QED) is 0.579. The van der Waals surface area contributed by atoms with Crippen LogP contribution in [0.2, 0.25) is 0 Å². The number of hydrogen-bond donors (Lipinski definition) is 1. The Balaban J connectivity index is 2.74. The molecule has 0 aromatic heterocycles. The SMILES string of the molecule is C/C=C1/CCCC/C1=C\C(C)=C\C=C\C(C)=C\C(=O)O. The molecule has 0 aliphatic heterocycles. The highest BCUT2D eigenvalue weighted by Gasteiger charge is 2.09. The number of carboxylic acids is 1. The van der Waals surface area contributed by atoms with Gasteiger partial charge in [0.15, 0.2) is 0 Å². The van der Waals surface area contributed by atoms with Crippen LogP contribution in [0.4, 0.5) is 0 Å². The van der Waals surface area contributed by atoms with E-state index in [-0.39, 0.29) is 0 Å². The Morgan fingerprint density at radius 3 is 2.35 bits per heavy atom. The average molecular weight is 272 g/mol. The van der Waals surface area contributed by atoms with Crippen molar-refractivity contribution in [1.82, 2.24) is 0 Å². The van der Waals surface area contributed by atoms with Gasteiger partial charge in [0.05, 0.1) is 0 Å². The van der Waals surface area contributed by atoms with Gasteiger partial charge in [-0.3, -0.25) is 0 Å². The summed E-state index contributed by atoms with van der Waals surface area (Å²) in [6, 6.07) is 0. The largest absolute Gasteiger partial charge is 0.478 e. The first kappa shape index (κ1) is 16.2. The van der Waals surface area contributed by atoms with Gasteiger partial charge in [-0.05, 0) is 63.2 Å². The fourth-order valence-corrected chi connectivity index (χ4v) is 2.36. The minimum Gasteiger partial charge on any atom is -0.478 e. The van der Waals surface area contributed by atoms with Gasteiger partial charge < -0.3 is 5.11 Å². The van der Waals surface area contributed by atoms with Crippen LogP contribution in [-0.2, 0) is 4.79 Å². The maximum absolute atomic E-state index is 10.5. The molecule has 0 unspecified atom stereocenters. The zero-order chi connectivity index (χ0) is 15.0. The van der Waals surface area contributed by atoms with Crippen molar-refractivity contribution in [3.8, 4) is 0 Å². The van der Waals surface area contributed by atoms with E-state index in [1.54, 1.807) is 6.92 Å². The second kappa shape index (κ2) is 8.36. The third kappa shape index (κ3) is 5.87. The molecule has 1 N–H and O–H groups in total. The molecule has 0 heterocycles. The van der Waals surface area contributed by atoms with Crippen LogP contribution in [0.15, 0.2) is 58.7 Å². The summed E-state index contributed by atoms with van der Waals surface area (Å²) < 4.78 is 0. The maximum atomic E-state index is 10.5. The molecular formula is C18H24O2. The number of carboxylic acid groups (broad SMARTS) is 1. The third-order valence-corrected chi connectivity index (χ3v) is 3.37. The van der Waals surface area contributed by atoms with Gasteiger partial charge in [0.2, 0.25) is 0 Å². The van der Waals surface area contributed by atoms with Gasteiger partial charge in [-0.2, -0.15) is 0 Å². The van der Waals surface area contributed by atoms with Crippen LogP contribution in [0, 0.1) is 0 Å². The van der Waals surface area contributed by atoms with Crippen molar-refractivity contribution in [2.45, 2.75) is 46.5 Å². The molecule has 2 heteroatoms. The number of carbonyl (C=O) groups is 1. The van der Waals surface area contributed by atoms with Gasteiger partial charge in [-0.25, -0.2) is 4.79 Å². The fourth-order valence-electron chi connectivity index (χ4n) is 2.36. The molecule has 1 aliphatic rings. The van der Waals surface area contributed by atoms with Crippen molar-refractivity contribution in [3.05, 3.63) is 58.7 Å². The standard InChI is InChI=1S/C18H24O2/c1-4-16-10-5-6-11-17(16)12-14(2)8-7-9-15(3)13-18(19)20/h4,7-9,12-13H,5-6,10-11H2,1-3H3,(H,19,20)/b9-7+,14-8+,15-13+,16-4-,17-12+. The molecule has 20 heavy (non-hydrogen) atoms. The monoisotopic (exact) mass is 272 g/mol. The van der Waals surface area contributed by atoms with Gasteiger partial charge in [0.1, 0.15) is 0 Å². The summed E-state index contributed by atoms with van der Waals surface area (Å²) in [7, 11) is 0. The topological polar surface area (TPSA) is 37.3 Å². The minimum atomic E-state index is -0.908. The average Bonchev–Trinajstić information content (AvgIpc) is 2.38. The van der Waals surface area contributed by atoms with Crippen LogP contribution in [0.5, 0.6) is 0 Å². The molecule has 0 spiro atoms. The predicted octanol–water partition coefficient (Wildman–Crippen LogP) is 4.97. The summed E-state index contributed by atoms with van der Waals surface area (Å²) in [6.45, 7) is 5.97. The summed E-state index contributed by atoms with van der Waals surface area (Å²) in [5.41, 5.74) is 4.84. The Hall–Kier alpha value is -1.83. The van der Waals surface area contributed by atoms with Crippen molar-refractivity contribution in [1.29, 1.82) is 0 Å². The number of hydrogen-bond acceptors (Lipinski definition) is 1. The molecule has 0 amide bonds. The molecule has 0 aromatic carbocycles. The lowest BCUT2D eigenvalue weighted by Gasteiger charge is -2.18. The van der Waals surface area contributed by atoms with Gasteiger partial charge in [-0.15, -0.1) is 0 Å². The maximum Gasteiger partial charge on any atom is 0.328 e. The van der Waals surface area contributed by atoms with Crippen molar-refractivity contribution in [2.24, 2.45) is 0 Å². The Kier molecular flexibility index (Phi) is 6.78. The Morgan fingerprint density at radius 2 is 1.75 bits per heavy atom. The third-order valence-electron chi connectivity index (χ3n) is 3.37. The van der Waals surface area contributed by atoms with Gasteiger partial charge in [0, 0.05) is 6.08 Å². The molecule has 1 aliphatic carbocycles. The number of allylic oxidation sites excluding steroid dienone is 9. The first-order chi connectivity index (χ1) is 9.52. The van der Waals surface area contributed by atoms with E-state index < -0.39 is 5.97 Å². The highest BCUT2D eigenvalue weighted by molar-refractivity contribution is 5.81. The van der Waals surface area contributed by atoms with E-state index in [0.717, 1.165) is 12.0 Å². The molecule has 2 nitrogen and oxygen atoms in total.